The Labute approximate surface area is 117 Å². The third-order valence-corrected chi connectivity index (χ3v) is 3.16. The molecule has 108 valence electrons. The van der Waals surface area contributed by atoms with Gasteiger partial charge in [0.25, 0.3) is 5.91 Å². The molecule has 2 aromatic rings. The Morgan fingerprint density at radius 3 is 2.85 bits per heavy atom. The van der Waals surface area contributed by atoms with Crippen LogP contribution in [0.3, 0.4) is 0 Å². The van der Waals surface area contributed by atoms with Crippen molar-refractivity contribution in [3.05, 3.63) is 29.5 Å². The summed E-state index contributed by atoms with van der Waals surface area (Å²) in [6, 6.07) is 5.49. The van der Waals surface area contributed by atoms with E-state index in [0.717, 1.165) is 23.1 Å². The number of hydrogen-bond donors (Lipinski definition) is 1. The average molecular weight is 277 g/mol. The molecule has 1 heterocycles. The van der Waals surface area contributed by atoms with Crippen LogP contribution in [0.25, 0.3) is 11.0 Å². The van der Waals surface area contributed by atoms with E-state index >= 15 is 0 Å². The molecular formula is C15H19NO4. The number of fused-ring (bicyclic) bond motifs is 1. The van der Waals surface area contributed by atoms with Crippen LogP contribution in [-0.4, -0.2) is 33.3 Å². The maximum Gasteiger partial charge on any atom is 0.287 e. The van der Waals surface area contributed by atoms with Crippen molar-refractivity contribution in [2.45, 2.75) is 13.3 Å². The summed E-state index contributed by atoms with van der Waals surface area (Å²) in [5.74, 6) is 0.896. The zero-order valence-corrected chi connectivity index (χ0v) is 12.0. The van der Waals surface area contributed by atoms with Gasteiger partial charge in [-0.2, -0.15) is 0 Å². The van der Waals surface area contributed by atoms with E-state index in [4.69, 9.17) is 13.9 Å². The van der Waals surface area contributed by atoms with E-state index in [2.05, 4.69) is 5.32 Å². The van der Waals surface area contributed by atoms with Gasteiger partial charge in [0.2, 0.25) is 0 Å². The minimum Gasteiger partial charge on any atom is -0.497 e. The molecule has 0 saturated carbocycles. The summed E-state index contributed by atoms with van der Waals surface area (Å²) in [6.07, 6.45) is 0.773. The molecule has 1 aromatic carbocycles. The molecule has 1 N–H and O–H groups in total. The van der Waals surface area contributed by atoms with Gasteiger partial charge in [-0.1, -0.05) is 0 Å². The number of nitrogens with one attached hydrogen (secondary N) is 1. The van der Waals surface area contributed by atoms with E-state index in [1.165, 1.54) is 0 Å². The molecule has 0 atom stereocenters. The van der Waals surface area contributed by atoms with Gasteiger partial charge in [-0.05, 0) is 31.5 Å². The highest BCUT2D eigenvalue weighted by Gasteiger charge is 2.17. The van der Waals surface area contributed by atoms with Crippen LogP contribution in [0.4, 0.5) is 0 Å². The van der Waals surface area contributed by atoms with Crippen LogP contribution in [-0.2, 0) is 4.74 Å². The lowest BCUT2D eigenvalue weighted by atomic mass is 10.1. The van der Waals surface area contributed by atoms with Gasteiger partial charge in [-0.3, -0.25) is 4.79 Å². The predicted molar refractivity (Wildman–Crippen MR) is 76.3 cm³/mol. The average Bonchev–Trinajstić information content (AvgIpc) is 2.80. The lowest BCUT2D eigenvalue weighted by Crippen LogP contribution is -2.25. The number of furan rings is 1. The van der Waals surface area contributed by atoms with Crippen molar-refractivity contribution in [2.75, 3.05) is 27.4 Å². The van der Waals surface area contributed by atoms with E-state index in [-0.39, 0.29) is 5.91 Å². The van der Waals surface area contributed by atoms with Crippen LogP contribution >= 0.6 is 0 Å². The van der Waals surface area contributed by atoms with Crippen molar-refractivity contribution >= 4 is 16.9 Å². The van der Waals surface area contributed by atoms with E-state index in [1.807, 2.05) is 25.1 Å². The Balaban J connectivity index is 2.17. The number of carbonyl (C=O) groups is 1. The molecule has 2 rings (SSSR count). The monoisotopic (exact) mass is 277 g/mol. The summed E-state index contributed by atoms with van der Waals surface area (Å²) >= 11 is 0. The van der Waals surface area contributed by atoms with Crippen molar-refractivity contribution in [2.24, 2.45) is 0 Å². The minimum absolute atomic E-state index is 0.200. The molecule has 0 bridgehead atoms. The molecule has 0 aliphatic heterocycles. The van der Waals surface area contributed by atoms with Crippen LogP contribution in [0.1, 0.15) is 22.5 Å². The first-order valence-corrected chi connectivity index (χ1v) is 6.51. The van der Waals surface area contributed by atoms with Crippen LogP contribution in [0, 0.1) is 6.92 Å². The molecule has 0 aliphatic rings. The number of aryl methyl sites for hydroxylation is 1. The zero-order chi connectivity index (χ0) is 14.5. The second kappa shape index (κ2) is 6.43. The standard InChI is InChI=1S/C15H19NO4/c1-10-12-9-11(19-3)5-6-13(12)20-14(10)15(17)16-7-4-8-18-2/h5-6,9H,4,7-8H2,1-3H3,(H,16,17). The predicted octanol–water partition coefficient (Wildman–Crippen LogP) is 2.52. The maximum atomic E-state index is 12.1. The molecule has 0 spiro atoms. The summed E-state index contributed by atoms with van der Waals surface area (Å²) in [5, 5.41) is 3.72. The number of ether oxygens (including phenoxy) is 2. The van der Waals surface area contributed by atoms with Gasteiger partial charge in [-0.15, -0.1) is 0 Å². The second-order valence-electron chi connectivity index (χ2n) is 4.52. The fourth-order valence-electron chi connectivity index (χ4n) is 2.04. The Kier molecular flexibility index (Phi) is 4.63. The van der Waals surface area contributed by atoms with Crippen molar-refractivity contribution < 1.29 is 18.7 Å². The highest BCUT2D eigenvalue weighted by Crippen LogP contribution is 2.28. The third-order valence-electron chi connectivity index (χ3n) is 3.16. The van der Waals surface area contributed by atoms with Crippen LogP contribution in [0.15, 0.2) is 22.6 Å². The van der Waals surface area contributed by atoms with Gasteiger partial charge in [-0.25, -0.2) is 0 Å². The number of benzene rings is 1. The molecule has 0 radical (unpaired) electrons. The Morgan fingerprint density at radius 2 is 2.15 bits per heavy atom. The number of hydrogen-bond acceptors (Lipinski definition) is 4. The largest absolute Gasteiger partial charge is 0.497 e. The number of rotatable bonds is 6. The lowest BCUT2D eigenvalue weighted by Gasteiger charge is -2.03. The fraction of sp³-hybridized carbons (Fsp3) is 0.400. The normalized spacial score (nSPS) is 10.8. The zero-order valence-electron chi connectivity index (χ0n) is 12.0. The van der Waals surface area contributed by atoms with Gasteiger partial charge in [0, 0.05) is 31.2 Å². The molecule has 5 heteroatoms. The summed E-state index contributed by atoms with van der Waals surface area (Å²) in [5.41, 5.74) is 1.51. The van der Waals surface area contributed by atoms with Gasteiger partial charge < -0.3 is 19.2 Å². The number of carbonyl (C=O) groups excluding carboxylic acids is 1. The van der Waals surface area contributed by atoms with E-state index in [0.29, 0.717) is 24.5 Å². The second-order valence-corrected chi connectivity index (χ2v) is 4.52. The molecule has 0 saturated heterocycles. The number of methoxy groups -OCH3 is 2. The fourth-order valence-corrected chi connectivity index (χ4v) is 2.04. The van der Waals surface area contributed by atoms with Crippen molar-refractivity contribution in [3.8, 4) is 5.75 Å². The topological polar surface area (TPSA) is 60.7 Å². The van der Waals surface area contributed by atoms with Gasteiger partial charge >= 0.3 is 0 Å². The van der Waals surface area contributed by atoms with Crippen LogP contribution in [0.2, 0.25) is 0 Å². The van der Waals surface area contributed by atoms with E-state index < -0.39 is 0 Å². The highest BCUT2D eigenvalue weighted by molar-refractivity contribution is 5.99. The first-order valence-electron chi connectivity index (χ1n) is 6.51. The molecule has 0 unspecified atom stereocenters. The van der Waals surface area contributed by atoms with Crippen molar-refractivity contribution in [1.82, 2.24) is 5.32 Å². The maximum absolute atomic E-state index is 12.1. The Hall–Kier alpha value is -2.01. The van der Waals surface area contributed by atoms with Crippen LogP contribution in [0.5, 0.6) is 5.75 Å². The molecule has 1 amide bonds. The van der Waals surface area contributed by atoms with E-state index in [9.17, 15) is 4.79 Å². The molecule has 5 nitrogen and oxygen atoms in total. The number of amides is 1. The smallest absolute Gasteiger partial charge is 0.287 e. The minimum atomic E-state index is -0.200. The molecule has 20 heavy (non-hydrogen) atoms. The lowest BCUT2D eigenvalue weighted by molar-refractivity contribution is 0.0922. The summed E-state index contributed by atoms with van der Waals surface area (Å²) < 4.78 is 15.7. The van der Waals surface area contributed by atoms with Crippen molar-refractivity contribution in [1.29, 1.82) is 0 Å². The Bertz CT molecular complexity index is 603. The summed E-state index contributed by atoms with van der Waals surface area (Å²) in [7, 11) is 3.25. The first kappa shape index (κ1) is 14.4. The summed E-state index contributed by atoms with van der Waals surface area (Å²) in [4.78, 5) is 12.1. The van der Waals surface area contributed by atoms with Crippen LogP contribution < -0.4 is 10.1 Å². The van der Waals surface area contributed by atoms with Gasteiger partial charge in [0.1, 0.15) is 11.3 Å². The summed E-state index contributed by atoms with van der Waals surface area (Å²) in [6.45, 7) is 3.05. The molecular weight excluding hydrogens is 258 g/mol. The molecule has 0 aliphatic carbocycles. The Morgan fingerprint density at radius 1 is 1.35 bits per heavy atom. The quantitative estimate of drug-likeness (QED) is 0.824. The highest BCUT2D eigenvalue weighted by atomic mass is 16.5. The van der Waals surface area contributed by atoms with E-state index in [1.54, 1.807) is 14.2 Å². The molecule has 0 fully saturated rings. The van der Waals surface area contributed by atoms with Crippen molar-refractivity contribution in [3.63, 3.8) is 0 Å². The SMILES string of the molecule is COCCCNC(=O)c1oc2ccc(OC)cc2c1C. The molecule has 1 aromatic heterocycles. The van der Waals surface area contributed by atoms with Gasteiger partial charge in [0.15, 0.2) is 5.76 Å². The third kappa shape index (κ3) is 2.93. The van der Waals surface area contributed by atoms with Gasteiger partial charge in [0.05, 0.1) is 7.11 Å². The first-order chi connectivity index (χ1) is 9.67.